The Bertz CT molecular complexity index is 787. The second-order valence-electron chi connectivity index (χ2n) is 6.18. The molecule has 5 nitrogen and oxygen atoms in total. The van der Waals surface area contributed by atoms with Crippen LogP contribution in [-0.4, -0.2) is 31.2 Å². The summed E-state index contributed by atoms with van der Waals surface area (Å²) < 4.78 is 1.85. The van der Waals surface area contributed by atoms with E-state index in [2.05, 4.69) is 38.2 Å². The number of nitrogens with zero attached hydrogens (tertiary/aromatic N) is 4. The van der Waals surface area contributed by atoms with E-state index in [0.717, 1.165) is 29.8 Å². The zero-order valence-electron chi connectivity index (χ0n) is 13.1. The van der Waals surface area contributed by atoms with Crippen molar-refractivity contribution in [3.8, 4) is 0 Å². The highest BCUT2D eigenvalue weighted by Gasteiger charge is 2.26. The summed E-state index contributed by atoms with van der Waals surface area (Å²) in [4.78, 5) is 10.5. The summed E-state index contributed by atoms with van der Waals surface area (Å²) in [5, 5.41) is 5.62. The van der Waals surface area contributed by atoms with Gasteiger partial charge < -0.3 is 4.98 Å². The number of likely N-dealkylation sites (tertiary alicyclic amines) is 1. The molecule has 1 aliphatic rings. The minimum atomic E-state index is 0.501. The molecule has 4 rings (SSSR count). The van der Waals surface area contributed by atoms with Gasteiger partial charge in [-0.25, -0.2) is 4.98 Å². The number of aryl methyl sites for hydroxylation is 2. The van der Waals surface area contributed by atoms with Gasteiger partial charge in [0.1, 0.15) is 0 Å². The Morgan fingerprint density at radius 3 is 3.14 bits per heavy atom. The van der Waals surface area contributed by atoms with Gasteiger partial charge in [-0.15, -0.1) is 0 Å². The van der Waals surface area contributed by atoms with Crippen LogP contribution in [0.5, 0.6) is 0 Å². The Balaban J connectivity index is 1.61. The van der Waals surface area contributed by atoms with Gasteiger partial charge >= 0.3 is 0 Å². The minimum Gasteiger partial charge on any atom is -0.364 e. The lowest BCUT2D eigenvalue weighted by Crippen LogP contribution is -2.23. The van der Waals surface area contributed by atoms with E-state index in [-0.39, 0.29) is 0 Å². The Kier molecular flexibility index (Phi) is 3.22. The van der Waals surface area contributed by atoms with Gasteiger partial charge in [-0.1, -0.05) is 0 Å². The highest BCUT2D eigenvalue weighted by atomic mass is 15.3. The predicted molar refractivity (Wildman–Crippen MR) is 86.4 cm³/mol. The molecule has 5 heteroatoms. The third-order valence-corrected chi connectivity index (χ3v) is 4.65. The maximum absolute atomic E-state index is 4.60. The predicted octanol–water partition coefficient (Wildman–Crippen LogP) is 2.94. The van der Waals surface area contributed by atoms with Gasteiger partial charge in [0.15, 0.2) is 5.65 Å². The lowest BCUT2D eigenvalue weighted by atomic mass is 10.1. The standard InChI is InChI=1S/C17H21N5/c1-12-14-9-13(10-19-17(14)21(2)20-12)11-22-8-4-6-16(22)15-5-3-7-18-15/h3,5,7,9-10,16,18H,4,6,8,11H2,1-2H3/t16-/m1/s1. The molecule has 3 aromatic rings. The van der Waals surface area contributed by atoms with Crippen molar-refractivity contribution in [1.82, 2.24) is 24.6 Å². The molecule has 0 amide bonds. The molecule has 1 aliphatic heterocycles. The topological polar surface area (TPSA) is 49.7 Å². The third-order valence-electron chi connectivity index (χ3n) is 4.65. The Morgan fingerprint density at radius 1 is 1.41 bits per heavy atom. The van der Waals surface area contributed by atoms with Crippen molar-refractivity contribution in [1.29, 1.82) is 0 Å². The van der Waals surface area contributed by atoms with Crippen LogP contribution in [0.15, 0.2) is 30.6 Å². The van der Waals surface area contributed by atoms with Crippen molar-refractivity contribution < 1.29 is 0 Å². The molecule has 0 unspecified atom stereocenters. The molecule has 22 heavy (non-hydrogen) atoms. The number of hydrogen-bond donors (Lipinski definition) is 1. The van der Waals surface area contributed by atoms with Crippen molar-refractivity contribution in [3.63, 3.8) is 0 Å². The molecule has 0 bridgehead atoms. The first-order chi connectivity index (χ1) is 10.7. The third kappa shape index (κ3) is 2.22. The molecule has 1 N–H and O–H groups in total. The molecule has 114 valence electrons. The van der Waals surface area contributed by atoms with Crippen molar-refractivity contribution in [2.45, 2.75) is 32.4 Å². The maximum atomic E-state index is 4.60. The summed E-state index contributed by atoms with van der Waals surface area (Å²) in [6, 6.07) is 7.02. The fourth-order valence-corrected chi connectivity index (χ4v) is 3.59. The number of hydrogen-bond acceptors (Lipinski definition) is 3. The van der Waals surface area contributed by atoms with Gasteiger partial charge in [0.2, 0.25) is 0 Å². The fourth-order valence-electron chi connectivity index (χ4n) is 3.59. The summed E-state index contributed by atoms with van der Waals surface area (Å²) in [6.45, 7) is 4.14. The van der Waals surface area contributed by atoms with Crippen LogP contribution in [0, 0.1) is 6.92 Å². The highest BCUT2D eigenvalue weighted by Crippen LogP contribution is 2.32. The van der Waals surface area contributed by atoms with Crippen LogP contribution in [0.1, 0.15) is 35.8 Å². The lowest BCUT2D eigenvalue weighted by molar-refractivity contribution is 0.245. The van der Waals surface area contributed by atoms with E-state index in [1.54, 1.807) is 0 Å². The van der Waals surface area contributed by atoms with Crippen LogP contribution < -0.4 is 0 Å². The van der Waals surface area contributed by atoms with E-state index < -0.39 is 0 Å². The first-order valence-corrected chi connectivity index (χ1v) is 7.88. The summed E-state index contributed by atoms with van der Waals surface area (Å²) in [7, 11) is 1.95. The molecule has 4 heterocycles. The molecular formula is C17H21N5. The quantitative estimate of drug-likeness (QED) is 0.808. The second-order valence-corrected chi connectivity index (χ2v) is 6.18. The van der Waals surface area contributed by atoms with E-state index in [4.69, 9.17) is 0 Å². The van der Waals surface area contributed by atoms with E-state index >= 15 is 0 Å². The van der Waals surface area contributed by atoms with Gasteiger partial charge in [0, 0.05) is 37.1 Å². The van der Waals surface area contributed by atoms with Gasteiger partial charge in [0.25, 0.3) is 0 Å². The average Bonchev–Trinajstić information content (AvgIpc) is 3.21. The van der Waals surface area contributed by atoms with Gasteiger partial charge in [-0.05, 0) is 50.1 Å². The summed E-state index contributed by atoms with van der Waals surface area (Å²) >= 11 is 0. The van der Waals surface area contributed by atoms with Crippen molar-refractivity contribution in [2.24, 2.45) is 7.05 Å². The monoisotopic (exact) mass is 295 g/mol. The molecule has 1 atom stereocenters. The average molecular weight is 295 g/mol. The SMILES string of the molecule is Cc1nn(C)c2ncc(CN3CCC[C@@H]3c3ccc[nH]3)cc12. The molecule has 0 saturated carbocycles. The molecule has 1 saturated heterocycles. The second kappa shape index (κ2) is 5.25. The van der Waals surface area contributed by atoms with Crippen molar-refractivity contribution in [3.05, 3.63) is 47.5 Å². The number of aromatic amines is 1. The molecule has 1 fully saturated rings. The van der Waals surface area contributed by atoms with E-state index in [9.17, 15) is 0 Å². The van der Waals surface area contributed by atoms with Gasteiger partial charge in [0.05, 0.1) is 11.7 Å². The molecule has 0 radical (unpaired) electrons. The van der Waals surface area contributed by atoms with E-state index in [1.165, 1.54) is 24.1 Å². The van der Waals surface area contributed by atoms with Crippen LogP contribution in [0.3, 0.4) is 0 Å². The Hall–Kier alpha value is -2.14. The Labute approximate surface area is 130 Å². The summed E-state index contributed by atoms with van der Waals surface area (Å²) in [6.07, 6.45) is 6.49. The summed E-state index contributed by atoms with van der Waals surface area (Å²) in [5.74, 6) is 0. The van der Waals surface area contributed by atoms with Crippen LogP contribution in [0.25, 0.3) is 11.0 Å². The number of H-pyrrole nitrogens is 1. The summed E-state index contributed by atoms with van der Waals surface area (Å²) in [5.41, 5.74) is 4.60. The smallest absolute Gasteiger partial charge is 0.157 e. The van der Waals surface area contributed by atoms with Crippen LogP contribution in [0.4, 0.5) is 0 Å². The largest absolute Gasteiger partial charge is 0.364 e. The zero-order chi connectivity index (χ0) is 15.1. The Morgan fingerprint density at radius 2 is 2.32 bits per heavy atom. The van der Waals surface area contributed by atoms with Gasteiger partial charge in [-0.3, -0.25) is 9.58 Å². The number of fused-ring (bicyclic) bond motifs is 1. The number of pyridine rings is 1. The van der Waals surface area contributed by atoms with E-state index in [1.807, 2.05) is 31.0 Å². The fraction of sp³-hybridized carbons (Fsp3) is 0.412. The molecular weight excluding hydrogens is 274 g/mol. The van der Waals surface area contributed by atoms with Crippen LogP contribution in [0.2, 0.25) is 0 Å². The normalized spacial score (nSPS) is 19.3. The van der Waals surface area contributed by atoms with Crippen molar-refractivity contribution in [2.75, 3.05) is 6.54 Å². The molecule has 0 aromatic carbocycles. The molecule has 3 aromatic heterocycles. The number of nitrogens with one attached hydrogen (secondary N) is 1. The maximum Gasteiger partial charge on any atom is 0.157 e. The minimum absolute atomic E-state index is 0.501. The highest BCUT2D eigenvalue weighted by molar-refractivity contribution is 5.78. The first-order valence-electron chi connectivity index (χ1n) is 7.88. The lowest BCUT2D eigenvalue weighted by Gasteiger charge is -2.23. The number of rotatable bonds is 3. The zero-order valence-corrected chi connectivity index (χ0v) is 13.1. The van der Waals surface area contributed by atoms with Crippen LogP contribution >= 0.6 is 0 Å². The number of aromatic nitrogens is 4. The van der Waals surface area contributed by atoms with Gasteiger partial charge in [-0.2, -0.15) is 5.10 Å². The molecule has 0 aliphatic carbocycles. The first kappa shape index (κ1) is 13.5. The van der Waals surface area contributed by atoms with E-state index in [0.29, 0.717) is 6.04 Å². The van der Waals surface area contributed by atoms with Crippen LogP contribution in [-0.2, 0) is 13.6 Å². The molecule has 0 spiro atoms. The van der Waals surface area contributed by atoms with Crippen molar-refractivity contribution >= 4 is 11.0 Å².